The van der Waals surface area contributed by atoms with Crippen LogP contribution in [0.1, 0.15) is 38.9 Å². The average Bonchev–Trinajstić information content (AvgIpc) is 2.53. The van der Waals surface area contributed by atoms with E-state index < -0.39 is 10.0 Å². The molecule has 7 heteroatoms. The van der Waals surface area contributed by atoms with Gasteiger partial charge < -0.3 is 10.3 Å². The maximum Gasteiger partial charge on any atom is 0.250 e. The first-order chi connectivity index (χ1) is 9.29. The number of rotatable bonds is 3. The second kappa shape index (κ2) is 4.21. The summed E-state index contributed by atoms with van der Waals surface area (Å²) in [5, 5.41) is 3.56. The summed E-state index contributed by atoms with van der Waals surface area (Å²) in [6.45, 7) is 6.34. The van der Waals surface area contributed by atoms with Crippen molar-refractivity contribution in [3.05, 3.63) is 5.76 Å². The number of hydrogen-bond donors (Lipinski definition) is 1. The normalized spacial score (nSPS) is 25.7. The molecule has 1 atom stereocenters. The number of anilines is 1. The highest BCUT2D eigenvalue weighted by atomic mass is 32.2. The minimum atomic E-state index is -3.61. The Labute approximate surface area is 119 Å². The predicted molar refractivity (Wildman–Crippen MR) is 74.5 cm³/mol. The Kier molecular flexibility index (Phi) is 2.92. The van der Waals surface area contributed by atoms with Gasteiger partial charge in [-0.25, -0.2) is 8.42 Å². The largest absolute Gasteiger partial charge is 0.380 e. The summed E-state index contributed by atoms with van der Waals surface area (Å²) in [7, 11) is -3.61. The van der Waals surface area contributed by atoms with E-state index in [0.29, 0.717) is 12.5 Å². The Bertz CT molecular complexity index is 612. The molecule has 6 nitrogen and oxygen atoms in total. The molecule has 1 saturated heterocycles. The van der Waals surface area contributed by atoms with E-state index in [1.54, 1.807) is 11.2 Å². The molecule has 2 aliphatic rings. The molecule has 2 heterocycles. The van der Waals surface area contributed by atoms with Gasteiger partial charge in [0.2, 0.25) is 0 Å². The Morgan fingerprint density at radius 3 is 2.50 bits per heavy atom. The van der Waals surface area contributed by atoms with Crippen molar-refractivity contribution in [2.45, 2.75) is 51.0 Å². The second-order valence-corrected chi connectivity index (χ2v) is 8.24. The summed E-state index contributed by atoms with van der Waals surface area (Å²) in [6.07, 6.45) is 3.45. The van der Waals surface area contributed by atoms with Crippen molar-refractivity contribution in [2.24, 2.45) is 11.3 Å². The van der Waals surface area contributed by atoms with E-state index >= 15 is 0 Å². The van der Waals surface area contributed by atoms with Gasteiger partial charge in [0, 0.05) is 18.0 Å². The van der Waals surface area contributed by atoms with E-state index in [1.807, 2.05) is 0 Å². The second-order valence-electron chi connectivity index (χ2n) is 6.41. The molecule has 0 bridgehead atoms. The zero-order valence-electron chi connectivity index (χ0n) is 12.1. The molecule has 3 rings (SSSR count). The van der Waals surface area contributed by atoms with Crippen molar-refractivity contribution in [3.63, 3.8) is 0 Å². The van der Waals surface area contributed by atoms with Crippen LogP contribution in [0.25, 0.3) is 0 Å². The molecular weight excluding hydrogens is 278 g/mol. The van der Waals surface area contributed by atoms with Gasteiger partial charge in [0.15, 0.2) is 16.5 Å². The van der Waals surface area contributed by atoms with Gasteiger partial charge >= 0.3 is 0 Å². The molecule has 20 heavy (non-hydrogen) atoms. The van der Waals surface area contributed by atoms with E-state index in [4.69, 9.17) is 10.3 Å². The number of hydrogen-bond acceptors (Lipinski definition) is 5. The fraction of sp³-hybridized carbons (Fsp3) is 0.769. The number of nitrogens with two attached hydrogens (primary N) is 1. The topological polar surface area (TPSA) is 89.4 Å². The summed E-state index contributed by atoms with van der Waals surface area (Å²) < 4.78 is 32.1. The minimum Gasteiger partial charge on any atom is -0.380 e. The SMILES string of the molecule is Cc1onc(N)c1S(=O)(=O)N1CC2(CCC2)[C@@H]1C(C)C. The van der Waals surface area contributed by atoms with Crippen molar-refractivity contribution < 1.29 is 12.9 Å². The van der Waals surface area contributed by atoms with Crippen LogP contribution < -0.4 is 5.73 Å². The zero-order valence-corrected chi connectivity index (χ0v) is 12.9. The van der Waals surface area contributed by atoms with Crippen LogP contribution in [0.4, 0.5) is 5.82 Å². The molecule has 0 aromatic carbocycles. The molecule has 2 fully saturated rings. The van der Waals surface area contributed by atoms with E-state index in [-0.39, 0.29) is 27.9 Å². The monoisotopic (exact) mass is 299 g/mol. The standard InChI is InChI=1S/C13H21N3O3S/c1-8(2)11-13(5-4-6-13)7-16(11)20(17,18)10-9(3)19-15-12(10)14/h8,11H,4-7H2,1-3H3,(H2,14,15)/t11-/m0/s1. The molecule has 0 radical (unpaired) electrons. The van der Waals surface area contributed by atoms with Crippen molar-refractivity contribution >= 4 is 15.8 Å². The predicted octanol–water partition coefficient (Wildman–Crippen LogP) is 1.76. The molecule has 0 amide bonds. The van der Waals surface area contributed by atoms with Crippen LogP contribution in [-0.2, 0) is 10.0 Å². The van der Waals surface area contributed by atoms with Gasteiger partial charge in [-0.3, -0.25) is 0 Å². The average molecular weight is 299 g/mol. The fourth-order valence-electron chi connectivity index (χ4n) is 3.87. The molecule has 112 valence electrons. The molecular formula is C13H21N3O3S. The summed E-state index contributed by atoms with van der Waals surface area (Å²) in [4.78, 5) is 0.0392. The molecule has 1 spiro atoms. The Hall–Kier alpha value is -1.08. The lowest BCUT2D eigenvalue weighted by atomic mass is 9.57. The van der Waals surface area contributed by atoms with Crippen LogP contribution in [0.2, 0.25) is 0 Å². The van der Waals surface area contributed by atoms with Crippen LogP contribution in [0.5, 0.6) is 0 Å². The van der Waals surface area contributed by atoms with Crippen molar-refractivity contribution in [2.75, 3.05) is 12.3 Å². The highest BCUT2D eigenvalue weighted by Crippen LogP contribution is 2.57. The fourth-order valence-corrected chi connectivity index (χ4v) is 6.00. The van der Waals surface area contributed by atoms with Crippen LogP contribution in [-0.4, -0.2) is 30.5 Å². The van der Waals surface area contributed by atoms with E-state index in [2.05, 4.69) is 19.0 Å². The molecule has 1 aromatic heterocycles. The van der Waals surface area contributed by atoms with E-state index in [0.717, 1.165) is 12.8 Å². The third-order valence-corrected chi connectivity index (χ3v) is 6.78. The molecule has 0 unspecified atom stereocenters. The van der Waals surface area contributed by atoms with Crippen LogP contribution in [0.3, 0.4) is 0 Å². The lowest BCUT2D eigenvalue weighted by Crippen LogP contribution is -2.70. The molecule has 1 aliphatic carbocycles. The third-order valence-electron chi connectivity index (χ3n) is 4.79. The van der Waals surface area contributed by atoms with Crippen molar-refractivity contribution in [3.8, 4) is 0 Å². The lowest BCUT2D eigenvalue weighted by Gasteiger charge is -2.63. The molecule has 1 saturated carbocycles. The first-order valence-electron chi connectivity index (χ1n) is 7.03. The molecule has 1 aromatic rings. The Balaban J connectivity index is 1.97. The third kappa shape index (κ3) is 1.65. The van der Waals surface area contributed by atoms with Gasteiger partial charge in [-0.15, -0.1) is 0 Å². The summed E-state index contributed by atoms with van der Waals surface area (Å²) in [5.41, 5.74) is 5.86. The van der Waals surface area contributed by atoms with Gasteiger partial charge in [0.25, 0.3) is 10.0 Å². The summed E-state index contributed by atoms with van der Waals surface area (Å²) in [5.74, 6) is 0.513. The van der Waals surface area contributed by atoms with E-state index in [1.165, 1.54) is 6.42 Å². The summed E-state index contributed by atoms with van der Waals surface area (Å²) in [6, 6.07) is 0.0648. The zero-order chi connectivity index (χ0) is 14.7. The van der Waals surface area contributed by atoms with Crippen LogP contribution in [0.15, 0.2) is 9.42 Å². The lowest BCUT2D eigenvalue weighted by molar-refractivity contribution is -0.0962. The number of aromatic nitrogens is 1. The first kappa shape index (κ1) is 13.9. The Morgan fingerprint density at radius 2 is 2.10 bits per heavy atom. The number of nitrogen functional groups attached to an aromatic ring is 1. The maximum atomic E-state index is 12.8. The molecule has 2 N–H and O–H groups in total. The Morgan fingerprint density at radius 1 is 1.45 bits per heavy atom. The van der Waals surface area contributed by atoms with Crippen molar-refractivity contribution in [1.29, 1.82) is 0 Å². The summed E-state index contributed by atoms with van der Waals surface area (Å²) >= 11 is 0. The number of nitrogens with zero attached hydrogens (tertiary/aromatic N) is 2. The highest BCUT2D eigenvalue weighted by molar-refractivity contribution is 7.89. The van der Waals surface area contributed by atoms with Crippen molar-refractivity contribution in [1.82, 2.24) is 9.46 Å². The first-order valence-corrected chi connectivity index (χ1v) is 8.47. The van der Waals surface area contributed by atoms with Gasteiger partial charge in [0.1, 0.15) is 0 Å². The highest BCUT2D eigenvalue weighted by Gasteiger charge is 2.61. The van der Waals surface area contributed by atoms with Crippen LogP contribution in [0, 0.1) is 18.3 Å². The quantitative estimate of drug-likeness (QED) is 0.918. The van der Waals surface area contributed by atoms with E-state index in [9.17, 15) is 8.42 Å². The molecule has 1 aliphatic heterocycles. The number of aryl methyl sites for hydroxylation is 1. The van der Waals surface area contributed by atoms with Gasteiger partial charge in [0.05, 0.1) is 0 Å². The smallest absolute Gasteiger partial charge is 0.250 e. The minimum absolute atomic E-state index is 0.0392. The van der Waals surface area contributed by atoms with Gasteiger partial charge in [-0.05, 0) is 25.7 Å². The van der Waals surface area contributed by atoms with Gasteiger partial charge in [-0.1, -0.05) is 25.4 Å². The van der Waals surface area contributed by atoms with Crippen LogP contribution >= 0.6 is 0 Å². The number of sulfonamides is 1. The maximum absolute atomic E-state index is 12.8. The van der Waals surface area contributed by atoms with Gasteiger partial charge in [-0.2, -0.15) is 4.31 Å².